The molecule has 2 aliphatic heterocycles. The SMILES string of the molecule is O=C(CC(=O)OC1O[C@H](CO)[C@@H](O)[C@H](O)[C@H]1O)OC1O[C@H](CO)[C@@H](O)[C@H](O)[C@H]1O.O=c1c(O)c(-c2ccc(O)cc2)oc2cc(O)cc(O)c12. The van der Waals surface area contributed by atoms with Gasteiger partial charge in [0.05, 0.1) is 13.2 Å². The van der Waals surface area contributed by atoms with Crippen molar-refractivity contribution in [1.82, 2.24) is 0 Å². The van der Waals surface area contributed by atoms with Crippen LogP contribution in [0.4, 0.5) is 0 Å². The van der Waals surface area contributed by atoms with E-state index in [2.05, 4.69) is 0 Å². The van der Waals surface area contributed by atoms with E-state index in [-0.39, 0.29) is 28.2 Å². The van der Waals surface area contributed by atoms with Crippen molar-refractivity contribution >= 4 is 22.9 Å². The van der Waals surface area contributed by atoms with E-state index in [4.69, 9.17) is 33.6 Å². The molecule has 20 heteroatoms. The van der Waals surface area contributed by atoms with Gasteiger partial charge in [-0.15, -0.1) is 0 Å². The second-order valence-electron chi connectivity index (χ2n) is 11.0. The van der Waals surface area contributed by atoms with Crippen LogP contribution in [-0.4, -0.2) is 148 Å². The summed E-state index contributed by atoms with van der Waals surface area (Å²) in [6, 6.07) is 7.82. The second kappa shape index (κ2) is 15.9. The van der Waals surface area contributed by atoms with Crippen molar-refractivity contribution in [1.29, 1.82) is 0 Å². The Morgan fingerprint density at radius 1 is 0.660 bits per heavy atom. The summed E-state index contributed by atoms with van der Waals surface area (Å²) in [6.45, 7) is -1.50. The molecule has 12 N–H and O–H groups in total. The topological polar surface area (TPSA) is 344 Å². The average molecular weight is 715 g/mol. The van der Waals surface area contributed by atoms with Crippen molar-refractivity contribution in [2.45, 2.75) is 67.8 Å². The first-order valence-corrected chi connectivity index (χ1v) is 14.6. The number of rotatable bonds is 7. The third-order valence-corrected chi connectivity index (χ3v) is 7.55. The fourth-order valence-corrected chi connectivity index (χ4v) is 4.87. The Morgan fingerprint density at radius 3 is 1.60 bits per heavy atom. The van der Waals surface area contributed by atoms with Gasteiger partial charge in [-0.05, 0) is 24.3 Å². The molecule has 0 aliphatic carbocycles. The van der Waals surface area contributed by atoms with Crippen LogP contribution in [0.25, 0.3) is 22.3 Å². The van der Waals surface area contributed by atoms with Gasteiger partial charge >= 0.3 is 11.9 Å². The summed E-state index contributed by atoms with van der Waals surface area (Å²) >= 11 is 0. The van der Waals surface area contributed by atoms with E-state index in [0.29, 0.717) is 5.56 Å². The molecule has 1 aromatic heterocycles. The van der Waals surface area contributed by atoms with Crippen molar-refractivity contribution in [3.63, 3.8) is 0 Å². The van der Waals surface area contributed by atoms with Gasteiger partial charge in [0, 0.05) is 17.7 Å². The fourth-order valence-electron chi connectivity index (χ4n) is 4.87. The standard InChI is InChI=1S/C15H24O14.C15H10O6/c16-2-4-8(20)10(22)12(24)14(26-4)28-6(18)1-7(19)29-15-13(25)11(23)9(21)5(3-17)27-15;16-8-3-1-7(2-4-8)15-14(20)13(19)12-10(18)5-9(17)6-11(12)21-15/h4-5,8-17,20-25H,1-3H2;1-6,16-18,20H/t4-,5-,8-,9-,10+,11+,12-,13-,14?,15?;/m1./s1. The Balaban J connectivity index is 0.000000235. The summed E-state index contributed by atoms with van der Waals surface area (Å²) < 4.78 is 24.7. The largest absolute Gasteiger partial charge is 0.508 e. The van der Waals surface area contributed by atoms with E-state index in [1.807, 2.05) is 0 Å². The molecular weight excluding hydrogens is 680 g/mol. The number of carbonyl (C=O) groups excluding carboxylic acids is 2. The van der Waals surface area contributed by atoms with Crippen LogP contribution in [0, 0.1) is 0 Å². The Kier molecular flexibility index (Phi) is 12.2. The summed E-state index contributed by atoms with van der Waals surface area (Å²) in [5, 5.41) is 114. The molecule has 2 fully saturated rings. The smallest absolute Gasteiger partial charge is 0.319 e. The van der Waals surface area contributed by atoms with Gasteiger partial charge in [0.15, 0.2) is 5.76 Å². The fraction of sp³-hybridized carbons (Fsp3) is 0.433. The van der Waals surface area contributed by atoms with E-state index >= 15 is 0 Å². The van der Waals surface area contributed by atoms with Gasteiger partial charge in [0.2, 0.25) is 23.8 Å². The van der Waals surface area contributed by atoms with E-state index in [0.717, 1.165) is 6.07 Å². The Hall–Kier alpha value is -4.61. The van der Waals surface area contributed by atoms with Crippen molar-refractivity contribution in [2.75, 3.05) is 13.2 Å². The lowest BCUT2D eigenvalue weighted by atomic mass is 9.99. The lowest BCUT2D eigenvalue weighted by Crippen LogP contribution is -2.60. The minimum absolute atomic E-state index is 0.0247. The van der Waals surface area contributed by atoms with Crippen LogP contribution in [0.15, 0.2) is 45.6 Å². The number of carbonyl (C=O) groups is 2. The van der Waals surface area contributed by atoms with E-state index in [1.54, 1.807) is 0 Å². The summed E-state index contributed by atoms with van der Waals surface area (Å²) in [7, 11) is 0. The van der Waals surface area contributed by atoms with Gasteiger partial charge in [-0.1, -0.05) is 0 Å². The normalized spacial score (nSPS) is 29.4. The van der Waals surface area contributed by atoms with Gasteiger partial charge in [-0.2, -0.15) is 0 Å². The summed E-state index contributed by atoms with van der Waals surface area (Å²) in [5.41, 5.74) is -0.498. The average Bonchev–Trinajstić information content (AvgIpc) is 3.07. The molecule has 2 aliphatic rings. The molecule has 0 saturated carbocycles. The number of aliphatic hydroxyl groups is 8. The number of phenols is 3. The number of benzene rings is 2. The molecule has 2 saturated heterocycles. The van der Waals surface area contributed by atoms with Gasteiger partial charge in [0.1, 0.15) is 83.5 Å². The van der Waals surface area contributed by atoms with Gasteiger partial charge in [-0.3, -0.25) is 14.4 Å². The molecule has 3 heterocycles. The molecule has 3 aromatic rings. The first kappa shape index (κ1) is 38.2. The highest BCUT2D eigenvalue weighted by molar-refractivity contribution is 5.91. The number of fused-ring (bicyclic) bond motifs is 1. The Bertz CT molecular complexity index is 1660. The first-order valence-electron chi connectivity index (χ1n) is 14.6. The van der Waals surface area contributed by atoms with Gasteiger partial charge in [0.25, 0.3) is 0 Å². The molecule has 0 amide bonds. The molecule has 10 atom stereocenters. The highest BCUT2D eigenvalue weighted by Crippen LogP contribution is 2.35. The summed E-state index contributed by atoms with van der Waals surface area (Å²) in [6.07, 6.45) is -17.9. The van der Waals surface area contributed by atoms with Crippen LogP contribution in [0.1, 0.15) is 6.42 Å². The zero-order valence-electron chi connectivity index (χ0n) is 25.5. The van der Waals surface area contributed by atoms with Crippen LogP contribution in [0.5, 0.6) is 23.0 Å². The summed E-state index contributed by atoms with van der Waals surface area (Å²) in [4.78, 5) is 35.8. The van der Waals surface area contributed by atoms with Crippen molar-refractivity contribution in [2.24, 2.45) is 0 Å². The third kappa shape index (κ3) is 8.22. The van der Waals surface area contributed by atoms with Gasteiger partial charge < -0.3 is 84.6 Å². The molecule has 0 radical (unpaired) electrons. The number of hydrogen-bond acceptors (Lipinski definition) is 20. The Labute approximate surface area is 279 Å². The predicted molar refractivity (Wildman–Crippen MR) is 159 cm³/mol. The Morgan fingerprint density at radius 2 is 1.14 bits per heavy atom. The molecule has 2 aromatic carbocycles. The highest BCUT2D eigenvalue weighted by Gasteiger charge is 2.47. The number of ether oxygens (including phenoxy) is 4. The molecule has 2 unspecified atom stereocenters. The van der Waals surface area contributed by atoms with Crippen molar-refractivity contribution in [3.8, 4) is 34.3 Å². The van der Waals surface area contributed by atoms with Crippen LogP contribution >= 0.6 is 0 Å². The van der Waals surface area contributed by atoms with E-state index in [1.165, 1.54) is 30.3 Å². The molecular formula is C30H34O20. The van der Waals surface area contributed by atoms with Crippen molar-refractivity contribution in [3.05, 3.63) is 46.6 Å². The summed E-state index contributed by atoms with van der Waals surface area (Å²) in [5.74, 6) is -4.08. The van der Waals surface area contributed by atoms with Crippen LogP contribution < -0.4 is 5.43 Å². The number of hydrogen-bond donors (Lipinski definition) is 12. The maximum absolute atomic E-state index is 12.1. The molecule has 274 valence electrons. The maximum atomic E-state index is 12.1. The second-order valence-corrected chi connectivity index (χ2v) is 11.0. The zero-order chi connectivity index (χ0) is 37.0. The number of phenolic OH excluding ortho intramolecular Hbond substituents is 3. The minimum atomic E-state index is -1.86. The molecule has 50 heavy (non-hydrogen) atoms. The molecule has 5 rings (SSSR count). The van der Waals surface area contributed by atoms with E-state index < -0.39 is 110 Å². The van der Waals surface area contributed by atoms with Crippen LogP contribution in [0.2, 0.25) is 0 Å². The lowest BCUT2D eigenvalue weighted by Gasteiger charge is -2.39. The predicted octanol–water partition coefficient (Wildman–Crippen LogP) is -3.65. The van der Waals surface area contributed by atoms with Crippen LogP contribution in [-0.2, 0) is 28.5 Å². The zero-order valence-corrected chi connectivity index (χ0v) is 25.5. The van der Waals surface area contributed by atoms with Crippen LogP contribution in [0.3, 0.4) is 0 Å². The molecule has 0 bridgehead atoms. The van der Waals surface area contributed by atoms with E-state index in [9.17, 15) is 65.4 Å². The third-order valence-electron chi connectivity index (χ3n) is 7.55. The first-order chi connectivity index (χ1) is 23.6. The highest BCUT2D eigenvalue weighted by atomic mass is 16.7. The number of esters is 2. The maximum Gasteiger partial charge on any atom is 0.319 e. The molecule has 20 nitrogen and oxygen atoms in total. The lowest BCUT2D eigenvalue weighted by molar-refractivity contribution is -0.296. The van der Waals surface area contributed by atoms with Crippen molar-refractivity contribution < 1.29 is 94.2 Å². The minimum Gasteiger partial charge on any atom is -0.508 e. The monoisotopic (exact) mass is 714 g/mol. The quantitative estimate of drug-likeness (QED) is 0.0829. The molecule has 0 spiro atoms. The van der Waals surface area contributed by atoms with Gasteiger partial charge in [-0.25, -0.2) is 0 Å². The number of aliphatic hydroxyl groups excluding tert-OH is 8. The number of aromatic hydroxyl groups is 4.